The van der Waals surface area contributed by atoms with Gasteiger partial charge in [0, 0.05) is 67.8 Å². The molecule has 0 bridgehead atoms. The number of carbonyl (C=O) groups excluding carboxylic acids is 1. The van der Waals surface area contributed by atoms with Crippen molar-refractivity contribution in [1.82, 2.24) is 19.9 Å². The van der Waals surface area contributed by atoms with Gasteiger partial charge in [-0.15, -0.1) is 0 Å². The maximum Gasteiger partial charge on any atom is 0.219 e. The summed E-state index contributed by atoms with van der Waals surface area (Å²) in [5, 5.41) is 3.45. The van der Waals surface area contributed by atoms with Crippen LogP contribution >= 0.6 is 0 Å². The topological polar surface area (TPSA) is 119 Å². The van der Waals surface area contributed by atoms with Gasteiger partial charge in [-0.1, -0.05) is 0 Å². The number of ether oxygens (including phenoxy) is 2. The Kier molecular flexibility index (Phi) is 7.06. The lowest BCUT2D eigenvalue weighted by molar-refractivity contribution is -0.112. The van der Waals surface area contributed by atoms with E-state index in [2.05, 4.69) is 32.3 Å². The molecule has 0 radical (unpaired) electrons. The van der Waals surface area contributed by atoms with Gasteiger partial charge in [0.05, 0.1) is 25.5 Å². The van der Waals surface area contributed by atoms with E-state index in [4.69, 9.17) is 20.2 Å². The Labute approximate surface area is 209 Å². The third-order valence-corrected chi connectivity index (χ3v) is 6.35. The fourth-order valence-electron chi connectivity index (χ4n) is 4.44. The monoisotopic (exact) mass is 487 g/mol. The molecule has 4 heterocycles. The first-order chi connectivity index (χ1) is 17.7. The van der Waals surface area contributed by atoms with E-state index >= 15 is 0 Å². The van der Waals surface area contributed by atoms with E-state index in [1.807, 2.05) is 35.4 Å². The van der Waals surface area contributed by atoms with Gasteiger partial charge in [0.2, 0.25) is 5.95 Å². The second-order valence-corrected chi connectivity index (χ2v) is 8.59. The third kappa shape index (κ3) is 5.00. The van der Waals surface area contributed by atoms with Crippen LogP contribution < -0.4 is 16.0 Å². The molecule has 0 aliphatic carbocycles. The van der Waals surface area contributed by atoms with Gasteiger partial charge in [-0.05, 0) is 42.0 Å². The van der Waals surface area contributed by atoms with E-state index in [9.17, 15) is 4.79 Å². The van der Waals surface area contributed by atoms with Crippen molar-refractivity contribution in [3.8, 4) is 11.3 Å². The number of rotatable bonds is 8. The lowest BCUT2D eigenvalue weighted by atomic mass is 9.96. The minimum absolute atomic E-state index is 0.199. The summed E-state index contributed by atoms with van der Waals surface area (Å²) in [6.45, 7) is 4.30. The van der Waals surface area contributed by atoms with Gasteiger partial charge in [-0.25, -0.2) is 15.0 Å². The predicted molar refractivity (Wildman–Crippen MR) is 139 cm³/mol. The Morgan fingerprint density at radius 3 is 2.64 bits per heavy atom. The number of methoxy groups -OCH3 is 1. The summed E-state index contributed by atoms with van der Waals surface area (Å²) in [7, 11) is 1.65. The van der Waals surface area contributed by atoms with Crippen molar-refractivity contribution in [3.05, 3.63) is 60.1 Å². The van der Waals surface area contributed by atoms with Crippen LogP contribution in [0.15, 0.2) is 48.9 Å². The average Bonchev–Trinajstić information content (AvgIpc) is 2.92. The second-order valence-electron chi connectivity index (χ2n) is 8.59. The minimum Gasteiger partial charge on any atom is -0.383 e. The third-order valence-electron chi connectivity index (χ3n) is 6.35. The van der Waals surface area contributed by atoms with Crippen LogP contribution in [0.2, 0.25) is 0 Å². The highest BCUT2D eigenvalue weighted by Crippen LogP contribution is 2.37. The number of fused-ring (bicyclic) bond motifs is 1. The molecule has 10 nitrogen and oxygen atoms in total. The van der Waals surface area contributed by atoms with Gasteiger partial charge in [0.25, 0.3) is 0 Å². The first-order valence-electron chi connectivity index (χ1n) is 11.9. The number of pyridine rings is 1. The van der Waals surface area contributed by atoms with Gasteiger partial charge in [0.1, 0.15) is 18.1 Å². The van der Waals surface area contributed by atoms with Crippen LogP contribution in [0, 0.1) is 0 Å². The summed E-state index contributed by atoms with van der Waals surface area (Å²) in [5.74, 6) is 0.799. The Morgan fingerprint density at radius 1 is 1.19 bits per heavy atom. The van der Waals surface area contributed by atoms with E-state index in [1.54, 1.807) is 19.5 Å². The number of nitrogens with two attached hydrogens (primary N) is 1. The summed E-state index contributed by atoms with van der Waals surface area (Å²) in [5.41, 5.74) is 10.8. The normalized spacial score (nSPS) is 17.1. The highest BCUT2D eigenvalue weighted by atomic mass is 16.5. The van der Waals surface area contributed by atoms with Crippen molar-refractivity contribution < 1.29 is 14.3 Å². The smallest absolute Gasteiger partial charge is 0.219 e. The van der Waals surface area contributed by atoms with Crippen molar-refractivity contribution in [2.24, 2.45) is 0 Å². The molecule has 3 aromatic rings. The number of anilines is 4. The second kappa shape index (κ2) is 10.7. The Balaban J connectivity index is 1.51. The van der Waals surface area contributed by atoms with Crippen molar-refractivity contribution >= 4 is 35.5 Å². The molecule has 1 fully saturated rings. The van der Waals surface area contributed by atoms with Gasteiger partial charge in [0.15, 0.2) is 0 Å². The van der Waals surface area contributed by atoms with Crippen molar-refractivity contribution in [2.75, 3.05) is 62.5 Å². The lowest BCUT2D eigenvalue weighted by Crippen LogP contribution is -2.36. The van der Waals surface area contributed by atoms with Crippen LogP contribution in [0.1, 0.15) is 17.2 Å². The maximum atomic E-state index is 12.3. The summed E-state index contributed by atoms with van der Waals surface area (Å²) >= 11 is 0. The van der Waals surface area contributed by atoms with Crippen LogP contribution in [0.4, 0.5) is 23.1 Å². The summed E-state index contributed by atoms with van der Waals surface area (Å²) in [6.07, 6.45) is 8.14. The predicted octanol–water partition coefficient (Wildman–Crippen LogP) is 2.87. The molecule has 0 spiro atoms. The quantitative estimate of drug-likeness (QED) is 0.459. The first-order valence-corrected chi connectivity index (χ1v) is 11.9. The SMILES string of the molecule is COCCN1C=Cc2cc(-c3cnc(N)nc3)nc(Nc3ccc(N4CCOCC4)cc3)c2C1C=O. The molecule has 1 saturated heterocycles. The summed E-state index contributed by atoms with van der Waals surface area (Å²) in [6, 6.07) is 9.65. The van der Waals surface area contributed by atoms with Gasteiger partial charge in [-0.2, -0.15) is 0 Å². The number of nitrogen functional groups attached to an aromatic ring is 1. The fourth-order valence-corrected chi connectivity index (χ4v) is 4.44. The van der Waals surface area contributed by atoms with Gasteiger partial charge in [-0.3, -0.25) is 0 Å². The summed E-state index contributed by atoms with van der Waals surface area (Å²) < 4.78 is 10.7. The molecule has 1 atom stereocenters. The molecule has 1 aromatic carbocycles. The lowest BCUT2D eigenvalue weighted by Gasteiger charge is -2.32. The van der Waals surface area contributed by atoms with E-state index in [0.717, 1.165) is 60.7 Å². The first kappa shape index (κ1) is 23.7. The molecule has 10 heteroatoms. The molecule has 36 heavy (non-hydrogen) atoms. The highest BCUT2D eigenvalue weighted by Gasteiger charge is 2.28. The number of hydrogen-bond acceptors (Lipinski definition) is 10. The molecule has 3 N–H and O–H groups in total. The number of benzene rings is 1. The van der Waals surface area contributed by atoms with E-state index < -0.39 is 6.04 Å². The number of nitrogens with one attached hydrogen (secondary N) is 1. The highest BCUT2D eigenvalue weighted by molar-refractivity contribution is 5.80. The Morgan fingerprint density at radius 2 is 1.94 bits per heavy atom. The molecule has 1 unspecified atom stereocenters. The maximum absolute atomic E-state index is 12.3. The molecular formula is C26H29N7O3. The number of aldehydes is 1. The van der Waals surface area contributed by atoms with Crippen LogP contribution in [-0.4, -0.2) is 72.7 Å². The van der Waals surface area contributed by atoms with Crippen LogP contribution in [0.5, 0.6) is 0 Å². The molecule has 0 saturated carbocycles. The van der Waals surface area contributed by atoms with Crippen LogP contribution in [0.25, 0.3) is 17.3 Å². The molecular weight excluding hydrogens is 458 g/mol. The molecule has 0 amide bonds. The fraction of sp³-hybridized carbons (Fsp3) is 0.308. The summed E-state index contributed by atoms with van der Waals surface area (Å²) in [4.78, 5) is 29.7. The number of morpholine rings is 1. The molecule has 186 valence electrons. The van der Waals surface area contributed by atoms with Crippen molar-refractivity contribution in [3.63, 3.8) is 0 Å². The number of nitrogens with zero attached hydrogens (tertiary/aromatic N) is 5. The van der Waals surface area contributed by atoms with E-state index in [1.165, 1.54) is 0 Å². The standard InChI is InChI=1S/C26H29N7O3/c1-35-11-8-33-7-6-18-14-22(19-15-28-26(27)29-16-19)31-25(24(18)23(33)17-34)30-20-2-4-21(5-3-20)32-9-12-36-13-10-32/h2-7,14-17,23H,8-13H2,1H3,(H,30,31)(H2,27,28,29). The number of aromatic nitrogens is 3. The van der Waals surface area contributed by atoms with Crippen LogP contribution in [-0.2, 0) is 14.3 Å². The number of hydrogen-bond donors (Lipinski definition) is 2. The molecule has 2 aliphatic heterocycles. The van der Waals surface area contributed by atoms with Crippen LogP contribution in [0.3, 0.4) is 0 Å². The van der Waals surface area contributed by atoms with E-state index in [0.29, 0.717) is 24.7 Å². The van der Waals surface area contributed by atoms with Gasteiger partial charge < -0.3 is 35.1 Å². The minimum atomic E-state index is -0.500. The average molecular weight is 488 g/mol. The van der Waals surface area contributed by atoms with Crippen molar-refractivity contribution in [1.29, 1.82) is 0 Å². The molecule has 2 aliphatic rings. The zero-order valence-corrected chi connectivity index (χ0v) is 20.1. The van der Waals surface area contributed by atoms with Gasteiger partial charge >= 0.3 is 0 Å². The number of carbonyl (C=O) groups is 1. The largest absolute Gasteiger partial charge is 0.383 e. The molecule has 5 rings (SSSR count). The van der Waals surface area contributed by atoms with E-state index in [-0.39, 0.29) is 5.95 Å². The Hall–Kier alpha value is -4.02. The molecule has 2 aromatic heterocycles. The Bertz CT molecular complexity index is 1230. The zero-order valence-electron chi connectivity index (χ0n) is 20.1. The zero-order chi connectivity index (χ0) is 24.9. The van der Waals surface area contributed by atoms with Crippen molar-refractivity contribution in [2.45, 2.75) is 6.04 Å².